The summed E-state index contributed by atoms with van der Waals surface area (Å²) in [7, 11) is 1.28. The van der Waals surface area contributed by atoms with Crippen molar-refractivity contribution in [2.75, 3.05) is 18.2 Å². The van der Waals surface area contributed by atoms with Gasteiger partial charge in [0.15, 0.2) is 11.3 Å². The molecule has 0 aliphatic heterocycles. The maximum Gasteiger partial charge on any atom is 0.354 e. The third kappa shape index (κ3) is 7.64. The Morgan fingerprint density at radius 2 is 1.70 bits per heavy atom. The molecule has 46 heavy (non-hydrogen) atoms. The van der Waals surface area contributed by atoms with Crippen LogP contribution in [0.4, 0.5) is 11.4 Å². The number of H-pyrrole nitrogens is 1. The van der Waals surface area contributed by atoms with E-state index in [4.69, 9.17) is 11.5 Å². The number of hydrogen-bond acceptors (Lipinski definition) is 11. The van der Waals surface area contributed by atoms with Gasteiger partial charge in [0.25, 0.3) is 22.3 Å². The topological polar surface area (TPSA) is 241 Å². The van der Waals surface area contributed by atoms with Crippen LogP contribution in [0, 0.1) is 0 Å². The number of aromatic nitrogens is 3. The molecule has 5 aromatic rings. The van der Waals surface area contributed by atoms with E-state index in [0.29, 0.717) is 18.7 Å². The van der Waals surface area contributed by atoms with Crippen molar-refractivity contribution in [1.82, 2.24) is 19.9 Å². The number of benzene rings is 2. The van der Waals surface area contributed by atoms with Crippen molar-refractivity contribution in [2.24, 2.45) is 5.73 Å². The molecule has 0 bridgehead atoms. The van der Waals surface area contributed by atoms with Gasteiger partial charge >= 0.3 is 11.9 Å². The lowest BCUT2D eigenvalue weighted by molar-refractivity contribution is 0.0599. The number of anilines is 2. The van der Waals surface area contributed by atoms with Crippen LogP contribution < -0.4 is 38.5 Å². The zero-order valence-electron chi connectivity index (χ0n) is 24.5. The van der Waals surface area contributed by atoms with E-state index in [1.807, 2.05) is 24.3 Å². The van der Waals surface area contributed by atoms with Crippen LogP contribution >= 0.6 is 12.4 Å². The molecule has 3 aromatic carbocycles. The average molecular weight is 652 g/mol. The molecular formula is C30H30ClN7O8. The second-order valence-electron chi connectivity index (χ2n) is 9.78. The lowest BCUT2D eigenvalue weighted by atomic mass is 10.1. The summed E-state index contributed by atoms with van der Waals surface area (Å²) in [5.41, 5.74) is 12.2. The molecule has 0 radical (unpaired) electrons. The summed E-state index contributed by atoms with van der Waals surface area (Å²) in [5.74, 6) is -2.40. The molecule has 240 valence electrons. The Labute approximate surface area is 266 Å². The molecule has 1 atom stereocenters. The number of rotatable bonds is 9. The summed E-state index contributed by atoms with van der Waals surface area (Å²) < 4.78 is 5.63. The Morgan fingerprint density at radius 3 is 2.30 bits per heavy atom. The standard InChI is InChI=1S/C18H16N4O6.C12H13N3O2.ClH/c1-9(10-3-5-11(6-4-10)18(27)28-2)19-16(24)12-7-13(17(25)26)22-14(20-12)8-15(23)21-22;13-5-7-2-1-3-8(4-7)6-15-10-9(14)11(16)12(10)17;/h3-9H,1-2H3,(H,19,24)(H,21,23)(H,25,26);1-4,15H,5-6,13-14H2;1H/t9-;;/m0../s1. The monoisotopic (exact) mass is 651 g/mol. The summed E-state index contributed by atoms with van der Waals surface area (Å²) >= 11 is 0. The van der Waals surface area contributed by atoms with Crippen molar-refractivity contribution in [2.45, 2.75) is 26.1 Å². The predicted molar refractivity (Wildman–Crippen MR) is 171 cm³/mol. The van der Waals surface area contributed by atoms with E-state index >= 15 is 0 Å². The minimum atomic E-state index is -1.32. The van der Waals surface area contributed by atoms with Crippen LogP contribution in [-0.2, 0) is 17.8 Å². The number of nitrogen functional groups attached to an aromatic ring is 1. The molecule has 5 rings (SSSR count). The smallest absolute Gasteiger partial charge is 0.354 e. The minimum absolute atomic E-state index is 0. The number of aromatic carboxylic acids is 1. The number of nitrogens with two attached hydrogens (primary N) is 2. The number of methoxy groups -OCH3 is 1. The fourth-order valence-corrected chi connectivity index (χ4v) is 4.29. The van der Waals surface area contributed by atoms with E-state index < -0.39 is 40.3 Å². The molecule has 15 nitrogen and oxygen atoms in total. The average Bonchev–Trinajstić information content (AvgIpc) is 3.43. The van der Waals surface area contributed by atoms with Gasteiger partial charge in [0.1, 0.15) is 17.1 Å². The Hall–Kier alpha value is -5.80. The third-order valence-corrected chi connectivity index (χ3v) is 6.74. The molecule has 2 heterocycles. The fourth-order valence-electron chi connectivity index (χ4n) is 4.29. The SMILES string of the molecule is COC(=O)c1ccc([C@H](C)NC(=O)c2cc(C(=O)O)n3[nH]c(=O)cc3n2)cc1.Cl.NCc1cccc(CNc2c(N)c(=O)c2=O)c1. The number of carboxylic acids is 1. The second kappa shape index (κ2) is 14.8. The Bertz CT molecular complexity index is 2030. The van der Waals surface area contributed by atoms with Crippen LogP contribution in [0.1, 0.15) is 61.0 Å². The molecule has 8 N–H and O–H groups in total. The van der Waals surface area contributed by atoms with Gasteiger partial charge < -0.3 is 31.9 Å². The molecule has 2 aromatic heterocycles. The molecule has 0 unspecified atom stereocenters. The molecular weight excluding hydrogens is 622 g/mol. The highest BCUT2D eigenvalue weighted by Gasteiger charge is 2.19. The van der Waals surface area contributed by atoms with Gasteiger partial charge in [-0.05, 0) is 35.7 Å². The highest BCUT2D eigenvalue weighted by molar-refractivity contribution is 5.96. The lowest BCUT2D eigenvalue weighted by Crippen LogP contribution is -2.36. The molecule has 0 saturated carbocycles. The first kappa shape index (κ1) is 34.7. The third-order valence-electron chi connectivity index (χ3n) is 6.74. The number of fused-ring (bicyclic) bond motifs is 1. The largest absolute Gasteiger partial charge is 0.477 e. The molecule has 0 fully saturated rings. The number of carbonyl (C=O) groups excluding carboxylic acids is 2. The summed E-state index contributed by atoms with van der Waals surface area (Å²) in [6, 6.07) is 15.9. The van der Waals surface area contributed by atoms with Gasteiger partial charge in [-0.2, -0.15) is 0 Å². The number of nitrogens with one attached hydrogen (secondary N) is 3. The van der Waals surface area contributed by atoms with Gasteiger partial charge in [-0.1, -0.05) is 36.4 Å². The van der Waals surface area contributed by atoms with Gasteiger partial charge in [-0.15, -0.1) is 12.4 Å². The predicted octanol–water partition coefficient (Wildman–Crippen LogP) is 1.36. The van der Waals surface area contributed by atoms with Crippen LogP contribution in [0.15, 0.2) is 75.0 Å². The van der Waals surface area contributed by atoms with Gasteiger partial charge in [-0.3, -0.25) is 24.3 Å². The Kier molecular flexibility index (Phi) is 11.1. The first-order chi connectivity index (χ1) is 21.4. The second-order valence-corrected chi connectivity index (χ2v) is 9.78. The van der Waals surface area contributed by atoms with E-state index in [-0.39, 0.29) is 40.8 Å². The Morgan fingerprint density at radius 1 is 1.02 bits per heavy atom. The highest BCUT2D eigenvalue weighted by Crippen LogP contribution is 2.16. The van der Waals surface area contributed by atoms with E-state index in [0.717, 1.165) is 33.3 Å². The van der Waals surface area contributed by atoms with Crippen LogP contribution in [0.3, 0.4) is 0 Å². The number of halogens is 1. The number of carboxylic acid groups (broad SMARTS) is 1. The van der Waals surface area contributed by atoms with E-state index in [9.17, 15) is 33.9 Å². The van der Waals surface area contributed by atoms with Gasteiger partial charge in [0, 0.05) is 25.2 Å². The molecule has 1 amide bonds. The highest BCUT2D eigenvalue weighted by atomic mass is 35.5. The summed E-state index contributed by atoms with van der Waals surface area (Å²) in [4.78, 5) is 73.0. The van der Waals surface area contributed by atoms with Gasteiger partial charge in [0.2, 0.25) is 0 Å². The summed E-state index contributed by atoms with van der Waals surface area (Å²) in [5, 5.41) is 17.2. The van der Waals surface area contributed by atoms with E-state index in [1.54, 1.807) is 31.2 Å². The molecule has 16 heteroatoms. The van der Waals surface area contributed by atoms with Crippen molar-refractivity contribution >= 4 is 47.3 Å². The molecule has 0 saturated heterocycles. The Balaban J connectivity index is 0.000000274. The van der Waals surface area contributed by atoms with Gasteiger partial charge in [0.05, 0.1) is 18.7 Å². The number of amides is 1. The molecule has 0 aliphatic rings. The van der Waals surface area contributed by atoms with E-state index in [1.165, 1.54) is 7.11 Å². The lowest BCUT2D eigenvalue weighted by Gasteiger charge is -2.15. The quantitative estimate of drug-likeness (QED) is 0.0977. The maximum atomic E-state index is 12.5. The maximum absolute atomic E-state index is 12.5. The fraction of sp³-hybridized carbons (Fsp3) is 0.167. The van der Waals surface area contributed by atoms with Crippen molar-refractivity contribution in [3.63, 3.8) is 0 Å². The number of ether oxygens (including phenoxy) is 1. The number of hydrogen-bond donors (Lipinski definition) is 6. The minimum Gasteiger partial charge on any atom is -0.477 e. The van der Waals surface area contributed by atoms with Crippen LogP contribution in [0.2, 0.25) is 0 Å². The first-order valence-electron chi connectivity index (χ1n) is 13.4. The molecule has 0 aliphatic carbocycles. The van der Waals surface area contributed by atoms with Crippen molar-refractivity contribution in [3.8, 4) is 0 Å². The first-order valence-corrected chi connectivity index (χ1v) is 13.4. The van der Waals surface area contributed by atoms with Crippen molar-refractivity contribution in [1.29, 1.82) is 0 Å². The van der Waals surface area contributed by atoms with E-state index in [2.05, 4.69) is 25.5 Å². The van der Waals surface area contributed by atoms with Crippen molar-refractivity contribution in [3.05, 3.63) is 125 Å². The number of aromatic amines is 1. The summed E-state index contributed by atoms with van der Waals surface area (Å²) in [6.07, 6.45) is 0. The zero-order chi connectivity index (χ0) is 32.8. The normalized spacial score (nSPS) is 11.1. The van der Waals surface area contributed by atoms with Crippen molar-refractivity contribution < 1.29 is 24.2 Å². The van der Waals surface area contributed by atoms with Gasteiger partial charge in [-0.25, -0.2) is 19.1 Å². The van der Waals surface area contributed by atoms with Crippen LogP contribution in [0.5, 0.6) is 0 Å². The zero-order valence-corrected chi connectivity index (χ0v) is 25.3. The van der Waals surface area contributed by atoms with Crippen LogP contribution in [0.25, 0.3) is 5.65 Å². The number of esters is 1. The van der Waals surface area contributed by atoms with Crippen LogP contribution in [-0.4, -0.2) is 44.7 Å². The molecule has 0 spiro atoms. The number of carbonyl (C=O) groups is 3. The summed E-state index contributed by atoms with van der Waals surface area (Å²) in [6.45, 7) is 2.64. The number of nitrogens with zero attached hydrogens (tertiary/aromatic N) is 2.